The van der Waals surface area contributed by atoms with Crippen LogP contribution in [0.3, 0.4) is 0 Å². The van der Waals surface area contributed by atoms with Crippen LogP contribution in [0.2, 0.25) is 15.2 Å². The first-order chi connectivity index (χ1) is 17.0. The molecule has 4 aromatic rings. The summed E-state index contributed by atoms with van der Waals surface area (Å²) < 4.78 is 11.1. The number of ether oxygens (including phenoxy) is 2. The monoisotopic (exact) mass is 530 g/mol. The number of halogens is 3. The number of benzene rings is 2. The van der Waals surface area contributed by atoms with E-state index in [0.29, 0.717) is 58.8 Å². The zero-order valence-electron chi connectivity index (χ0n) is 18.8. The second kappa shape index (κ2) is 14.6. The van der Waals surface area contributed by atoms with Crippen molar-refractivity contribution in [3.63, 3.8) is 0 Å². The van der Waals surface area contributed by atoms with E-state index in [-0.39, 0.29) is 0 Å². The van der Waals surface area contributed by atoms with Crippen molar-refractivity contribution in [3.8, 4) is 0 Å². The largest absolute Gasteiger partial charge is 0.370 e. The van der Waals surface area contributed by atoms with Crippen LogP contribution in [0.5, 0.6) is 0 Å². The summed E-state index contributed by atoms with van der Waals surface area (Å²) in [6.45, 7) is 1.77. The first-order valence-corrected chi connectivity index (χ1v) is 11.8. The number of hydrogen-bond acceptors (Lipinski definition) is 6. The number of pyridine rings is 2. The molecule has 6 nitrogen and oxygen atoms in total. The summed E-state index contributed by atoms with van der Waals surface area (Å²) in [4.78, 5) is 8.34. The van der Waals surface area contributed by atoms with Gasteiger partial charge in [-0.1, -0.05) is 95.5 Å². The fraction of sp³-hybridized carbons (Fsp3) is 0.154. The van der Waals surface area contributed by atoms with Crippen LogP contribution in [0.15, 0.2) is 84.9 Å². The Morgan fingerprint density at radius 1 is 0.600 bits per heavy atom. The van der Waals surface area contributed by atoms with Crippen molar-refractivity contribution in [3.05, 3.63) is 123 Å². The van der Waals surface area contributed by atoms with Crippen LogP contribution in [0.1, 0.15) is 22.5 Å². The topological polar surface area (TPSA) is 82.3 Å². The predicted molar refractivity (Wildman–Crippen MR) is 141 cm³/mol. The lowest BCUT2D eigenvalue weighted by Crippen LogP contribution is -2.09. The van der Waals surface area contributed by atoms with E-state index in [1.165, 1.54) is 0 Å². The Morgan fingerprint density at radius 3 is 1.60 bits per heavy atom. The molecule has 0 fully saturated rings. The summed E-state index contributed by atoms with van der Waals surface area (Å²) in [7, 11) is 0. The Kier molecular flexibility index (Phi) is 11.2. The van der Waals surface area contributed by atoms with Gasteiger partial charge >= 0.3 is 0 Å². The quantitative estimate of drug-likeness (QED) is 0.140. The van der Waals surface area contributed by atoms with Crippen molar-refractivity contribution < 1.29 is 9.47 Å². The molecule has 0 unspecified atom stereocenters. The number of hydrogen-bond donors (Lipinski definition) is 2. The van der Waals surface area contributed by atoms with E-state index >= 15 is 0 Å². The van der Waals surface area contributed by atoms with Crippen molar-refractivity contribution in [2.45, 2.75) is 26.4 Å². The molecule has 0 aliphatic rings. The van der Waals surface area contributed by atoms with Crippen LogP contribution < -0.4 is 11.3 Å². The molecular formula is C26H25Cl3N4O2. The third-order valence-electron chi connectivity index (χ3n) is 4.65. The number of aromatic nitrogens is 2. The van der Waals surface area contributed by atoms with Gasteiger partial charge in [0.1, 0.15) is 11.0 Å². The highest BCUT2D eigenvalue weighted by molar-refractivity contribution is 6.32. The van der Waals surface area contributed by atoms with Gasteiger partial charge in [-0.05, 0) is 35.4 Å². The Balaban J connectivity index is 0.000000196. The minimum atomic E-state index is 0.350. The van der Waals surface area contributed by atoms with E-state index in [1.807, 2.05) is 60.7 Å². The third-order valence-corrected chi connectivity index (χ3v) is 5.55. The number of anilines is 1. The average molecular weight is 532 g/mol. The second-order valence-electron chi connectivity index (χ2n) is 7.29. The summed E-state index contributed by atoms with van der Waals surface area (Å²) >= 11 is 17.8. The maximum atomic E-state index is 6.02. The zero-order valence-corrected chi connectivity index (χ0v) is 21.1. The van der Waals surface area contributed by atoms with Crippen molar-refractivity contribution in [1.29, 1.82) is 0 Å². The molecule has 0 amide bonds. The lowest BCUT2D eigenvalue weighted by atomic mass is 10.2. The molecule has 0 saturated carbocycles. The van der Waals surface area contributed by atoms with E-state index in [4.69, 9.17) is 50.1 Å². The zero-order chi connectivity index (χ0) is 24.9. The molecule has 182 valence electrons. The Morgan fingerprint density at radius 2 is 1.09 bits per heavy atom. The maximum absolute atomic E-state index is 6.02. The van der Waals surface area contributed by atoms with Gasteiger partial charge < -0.3 is 14.9 Å². The van der Waals surface area contributed by atoms with Crippen LogP contribution in [0, 0.1) is 0 Å². The van der Waals surface area contributed by atoms with Crippen molar-refractivity contribution in [2.24, 2.45) is 5.84 Å². The number of nitrogens with one attached hydrogen (secondary N) is 1. The number of rotatable bonds is 9. The van der Waals surface area contributed by atoms with E-state index in [2.05, 4.69) is 15.4 Å². The summed E-state index contributed by atoms with van der Waals surface area (Å²) in [6.07, 6.45) is 0. The molecular weight excluding hydrogens is 507 g/mol. The highest BCUT2D eigenvalue weighted by Crippen LogP contribution is 2.19. The Labute approximate surface area is 220 Å². The van der Waals surface area contributed by atoms with E-state index in [9.17, 15) is 0 Å². The molecule has 0 saturated heterocycles. The number of nitrogens with two attached hydrogens (primary N) is 1. The van der Waals surface area contributed by atoms with Crippen LogP contribution in [-0.4, -0.2) is 9.97 Å². The summed E-state index contributed by atoms with van der Waals surface area (Å²) in [5.74, 6) is 5.86. The molecule has 3 N–H and O–H groups in total. The normalized spacial score (nSPS) is 10.4. The molecule has 0 radical (unpaired) electrons. The minimum Gasteiger partial charge on any atom is -0.370 e. The van der Waals surface area contributed by atoms with Gasteiger partial charge in [-0.3, -0.25) is 0 Å². The van der Waals surface area contributed by atoms with Gasteiger partial charge in [-0.2, -0.15) is 0 Å². The number of nitrogen functional groups attached to an aromatic ring is 1. The SMILES string of the molecule is Clc1ccc(Cl)c(COCc2ccccc2)n1.NNc1ccc(Cl)c(COCc2ccccc2)n1. The average Bonchev–Trinajstić information content (AvgIpc) is 2.89. The van der Waals surface area contributed by atoms with Crippen molar-refractivity contribution >= 4 is 40.6 Å². The van der Waals surface area contributed by atoms with Crippen molar-refractivity contribution in [1.82, 2.24) is 9.97 Å². The van der Waals surface area contributed by atoms with Crippen LogP contribution in [-0.2, 0) is 35.9 Å². The lowest BCUT2D eigenvalue weighted by molar-refractivity contribution is 0.104. The van der Waals surface area contributed by atoms with Gasteiger partial charge in [0.2, 0.25) is 0 Å². The van der Waals surface area contributed by atoms with Crippen LogP contribution in [0.4, 0.5) is 5.82 Å². The molecule has 0 aliphatic carbocycles. The third kappa shape index (κ3) is 9.45. The van der Waals surface area contributed by atoms with E-state index < -0.39 is 0 Å². The maximum Gasteiger partial charge on any atom is 0.140 e. The standard InChI is InChI=1S/C13H11Cl2NO.C13H14ClN3O/c14-11-6-7-13(15)16-12(11)9-17-8-10-4-2-1-3-5-10;14-11-6-7-13(17-15)16-12(11)9-18-8-10-4-2-1-3-5-10/h1-7H,8-9H2;1-7H,8-9,15H2,(H,16,17). The molecule has 35 heavy (non-hydrogen) atoms. The first-order valence-electron chi connectivity index (χ1n) is 10.7. The predicted octanol–water partition coefficient (Wildman–Crippen LogP) is 6.84. The van der Waals surface area contributed by atoms with Gasteiger partial charge in [0, 0.05) is 0 Å². The second-order valence-corrected chi connectivity index (χ2v) is 8.49. The van der Waals surface area contributed by atoms with Crippen molar-refractivity contribution in [2.75, 3.05) is 5.43 Å². The van der Waals surface area contributed by atoms with Gasteiger partial charge in [0.25, 0.3) is 0 Å². The molecule has 0 bridgehead atoms. The van der Waals surface area contributed by atoms with Gasteiger partial charge in [0.15, 0.2) is 0 Å². The first kappa shape index (κ1) is 26.9. The van der Waals surface area contributed by atoms with Gasteiger partial charge in [-0.15, -0.1) is 0 Å². The highest BCUT2D eigenvalue weighted by atomic mass is 35.5. The number of hydrazine groups is 1. The molecule has 2 heterocycles. The highest BCUT2D eigenvalue weighted by Gasteiger charge is 2.05. The van der Waals surface area contributed by atoms with Crippen LogP contribution >= 0.6 is 34.8 Å². The summed E-state index contributed by atoms with van der Waals surface area (Å²) in [5, 5.41) is 1.57. The molecule has 9 heteroatoms. The molecule has 4 rings (SSSR count). The summed E-state index contributed by atoms with van der Waals surface area (Å²) in [5.41, 5.74) is 6.04. The van der Waals surface area contributed by atoms with Gasteiger partial charge in [-0.25, -0.2) is 15.8 Å². The Bertz CT molecular complexity index is 1180. The van der Waals surface area contributed by atoms with E-state index in [0.717, 1.165) is 11.1 Å². The molecule has 2 aromatic heterocycles. The number of nitrogens with zero attached hydrogens (tertiary/aromatic N) is 2. The van der Waals surface area contributed by atoms with Crippen LogP contribution in [0.25, 0.3) is 0 Å². The molecule has 0 atom stereocenters. The smallest absolute Gasteiger partial charge is 0.140 e. The lowest BCUT2D eigenvalue weighted by Gasteiger charge is -2.07. The Hall–Kier alpha value is -2.71. The fourth-order valence-electron chi connectivity index (χ4n) is 2.90. The molecule has 2 aromatic carbocycles. The molecule has 0 spiro atoms. The molecule has 0 aliphatic heterocycles. The summed E-state index contributed by atoms with van der Waals surface area (Å²) in [6, 6.07) is 26.7. The van der Waals surface area contributed by atoms with E-state index in [1.54, 1.807) is 24.3 Å². The fourth-order valence-corrected chi connectivity index (χ4v) is 3.39. The minimum absolute atomic E-state index is 0.350. The van der Waals surface area contributed by atoms with Gasteiger partial charge in [0.05, 0.1) is 47.9 Å².